The number of para-hydroxylation sites is 6. The summed E-state index contributed by atoms with van der Waals surface area (Å²) in [5.74, 6) is -15.2. The van der Waals surface area contributed by atoms with Crippen LogP contribution in [0.15, 0.2) is 194 Å². The van der Waals surface area contributed by atoms with E-state index in [1.165, 1.54) is 178 Å². The van der Waals surface area contributed by atoms with Gasteiger partial charge in [0.25, 0.3) is 0 Å². The Morgan fingerprint density at radius 3 is 0.633 bits per heavy atom. The minimum absolute atomic E-state index is 0.0626. The van der Waals surface area contributed by atoms with Crippen LogP contribution in [0.2, 0.25) is 0 Å². The minimum atomic E-state index is -2.19. The van der Waals surface area contributed by atoms with Crippen molar-refractivity contribution in [2.75, 3.05) is 79.3 Å². The largest absolute Gasteiger partial charge is 0.461 e. The zero-order chi connectivity index (χ0) is 86.9. The smallest absolute Gasteiger partial charge is 0.341 e. The Kier molecular flexibility index (Phi) is 33.9. The van der Waals surface area contributed by atoms with Gasteiger partial charge in [-0.05, 0) is 109 Å². The molecule has 0 radical (unpaired) electrons. The molecular weight excluding hydrogens is 1560 g/mol. The maximum Gasteiger partial charge on any atom is 0.341 e. The van der Waals surface area contributed by atoms with Crippen LogP contribution in [0, 0.1) is 16.2 Å². The first kappa shape index (κ1) is 91.6. The maximum absolute atomic E-state index is 14.9. The molecule has 0 aliphatic rings. The predicted octanol–water partition coefficient (Wildman–Crippen LogP) is 11.0. The van der Waals surface area contributed by atoms with Gasteiger partial charge in [-0.3, -0.25) is 38.4 Å². The number of hydrogen-bond donors (Lipinski definition) is 0. The van der Waals surface area contributed by atoms with Crippen LogP contribution in [-0.4, -0.2) is 168 Å². The van der Waals surface area contributed by atoms with Gasteiger partial charge in [-0.25, -0.2) is 33.6 Å². The second-order valence-corrected chi connectivity index (χ2v) is 27.7. The van der Waals surface area contributed by atoms with Gasteiger partial charge in [0.15, 0.2) is 0 Å². The van der Waals surface area contributed by atoms with E-state index in [0.717, 1.165) is 41.5 Å². The second kappa shape index (κ2) is 44.4. The van der Waals surface area contributed by atoms with Crippen molar-refractivity contribution in [2.24, 2.45) is 16.2 Å². The van der Waals surface area contributed by atoms with E-state index in [1.54, 1.807) is 30.3 Å². The summed E-state index contributed by atoms with van der Waals surface area (Å²) in [7, 11) is 0. The third kappa shape index (κ3) is 27.9. The van der Waals surface area contributed by atoms with E-state index in [-0.39, 0.29) is 110 Å². The van der Waals surface area contributed by atoms with Crippen molar-refractivity contribution in [1.82, 2.24) is 0 Å². The van der Waals surface area contributed by atoms with Gasteiger partial charge in [0.2, 0.25) is 0 Å². The Bertz CT molecular complexity index is 4490. The molecular formula is C89H86O31. The fourth-order valence-corrected chi connectivity index (χ4v) is 11.7. The average molecular weight is 1650 g/mol. The summed E-state index contributed by atoms with van der Waals surface area (Å²) in [5, 5.41) is 0. The summed E-state index contributed by atoms with van der Waals surface area (Å²) in [6, 6.07) is 45.4. The van der Waals surface area contributed by atoms with Crippen molar-refractivity contribution in [3.63, 3.8) is 0 Å². The molecule has 0 N–H and O–H groups in total. The highest BCUT2D eigenvalue weighted by Gasteiger charge is 2.44. The van der Waals surface area contributed by atoms with Gasteiger partial charge < -0.3 is 75.8 Å². The average Bonchev–Trinajstić information content (AvgIpc) is 0.816. The van der Waals surface area contributed by atoms with Crippen LogP contribution in [0.25, 0.3) is 0 Å². The van der Waals surface area contributed by atoms with Gasteiger partial charge >= 0.3 is 77.6 Å². The number of rotatable bonds is 43. The lowest BCUT2D eigenvalue weighted by atomic mass is 9.89. The van der Waals surface area contributed by atoms with Crippen molar-refractivity contribution < 1.29 is 148 Å². The second-order valence-electron chi connectivity index (χ2n) is 27.7. The van der Waals surface area contributed by atoms with E-state index >= 15 is 0 Å². The molecule has 1 atom stereocenters. The monoisotopic (exact) mass is 1650 g/mol. The van der Waals surface area contributed by atoms with E-state index in [1.807, 2.05) is 0 Å². The number of carbonyl (C=O) groups excluding carboxylic acids is 15. The molecule has 0 aliphatic heterocycles. The van der Waals surface area contributed by atoms with Crippen LogP contribution in [0.3, 0.4) is 0 Å². The van der Waals surface area contributed by atoms with Crippen molar-refractivity contribution >= 4 is 89.2 Å². The summed E-state index contributed by atoms with van der Waals surface area (Å²) in [4.78, 5) is 203. The van der Waals surface area contributed by atoms with E-state index in [2.05, 4.69) is 0 Å². The molecule has 8 rings (SSSR count). The van der Waals surface area contributed by atoms with Crippen LogP contribution in [0.4, 0.5) is 0 Å². The Labute approximate surface area is 688 Å². The molecule has 8 aromatic carbocycles. The topological polar surface area (TPSA) is 404 Å². The first-order valence-corrected chi connectivity index (χ1v) is 37.1. The van der Waals surface area contributed by atoms with E-state index in [9.17, 15) is 71.9 Å². The van der Waals surface area contributed by atoms with Gasteiger partial charge in [-0.15, -0.1) is 0 Å². The summed E-state index contributed by atoms with van der Waals surface area (Å²) in [6.45, 7) is -1.83. The van der Waals surface area contributed by atoms with E-state index < -0.39 is 173 Å². The quantitative estimate of drug-likeness (QED) is 0.0195. The third-order valence-electron chi connectivity index (χ3n) is 17.3. The van der Waals surface area contributed by atoms with Crippen molar-refractivity contribution in [2.45, 2.75) is 74.8 Å². The number of ether oxygens (including phenoxy) is 16. The Morgan fingerprint density at radius 2 is 0.392 bits per heavy atom. The Morgan fingerprint density at radius 1 is 0.208 bits per heavy atom. The maximum atomic E-state index is 14.9. The summed E-state index contributed by atoms with van der Waals surface area (Å²) >= 11 is 0. The zero-order valence-electron chi connectivity index (χ0n) is 66.7. The Balaban J connectivity index is 1.33. The molecule has 0 bridgehead atoms. The standard InChI is InChI=1S/C89H86O31/c1-56(90)41-64-25-9-10-27-66(64)43-105-44-87(49-109-81(99)68-29-13-19-35-74(68)115-58(3)92,45-106-47-88(50-108-80(98)67-28-12-11-26-65(67)42-57(2)91,51-110-82(100)69-30-14-20-36-75(69)116-59(4)93)52-111-83(101)70-31-15-21-37-76(70)117-60(5)94)46-107-48-89(53-112-84(102)71-32-16-22-38-77(71)118-61(6)95,54-113-85(103)72-33-17-23-39-78(72)119-62(7)96)55-114-86(104)73-34-18-24-40-79(73)120-63(8)97/h9-40H,41-55H2,1-8H3. The highest BCUT2D eigenvalue weighted by molar-refractivity contribution is 5.98. The molecule has 120 heavy (non-hydrogen) atoms. The predicted molar refractivity (Wildman–Crippen MR) is 419 cm³/mol. The van der Waals surface area contributed by atoms with Crippen LogP contribution >= 0.6 is 0 Å². The fraction of sp³-hybridized carbons (Fsp3) is 0.292. The highest BCUT2D eigenvalue weighted by atomic mass is 16.6. The summed E-state index contributed by atoms with van der Waals surface area (Å²) < 4.78 is 95.2. The number of carbonyl (C=O) groups is 15. The van der Waals surface area contributed by atoms with E-state index in [0.29, 0.717) is 11.1 Å². The summed E-state index contributed by atoms with van der Waals surface area (Å²) in [5.41, 5.74) is -7.12. The summed E-state index contributed by atoms with van der Waals surface area (Å²) in [6.07, 6.45) is -0.299. The van der Waals surface area contributed by atoms with Crippen LogP contribution < -0.4 is 28.4 Å². The van der Waals surface area contributed by atoms with Gasteiger partial charge in [-0.2, -0.15) is 0 Å². The zero-order valence-corrected chi connectivity index (χ0v) is 66.7. The molecule has 0 amide bonds. The highest BCUT2D eigenvalue weighted by Crippen LogP contribution is 2.34. The molecule has 31 nitrogen and oxygen atoms in total. The van der Waals surface area contributed by atoms with Gasteiger partial charge in [-0.1, -0.05) is 115 Å². The molecule has 0 fully saturated rings. The molecule has 0 aliphatic carbocycles. The van der Waals surface area contributed by atoms with Crippen molar-refractivity contribution in [3.05, 3.63) is 250 Å². The molecule has 31 heteroatoms. The Hall–Kier alpha value is -13.9. The first-order valence-electron chi connectivity index (χ1n) is 37.1. The molecule has 0 saturated heterocycles. The van der Waals surface area contributed by atoms with Gasteiger partial charge in [0, 0.05) is 54.4 Å². The molecule has 1 unspecified atom stereocenters. The van der Waals surface area contributed by atoms with Crippen LogP contribution in [0.5, 0.6) is 34.5 Å². The number of benzene rings is 8. The molecule has 628 valence electrons. The van der Waals surface area contributed by atoms with Gasteiger partial charge in [0.1, 0.15) is 126 Å². The first-order chi connectivity index (χ1) is 57.4. The molecule has 0 spiro atoms. The van der Waals surface area contributed by atoms with E-state index in [4.69, 9.17) is 75.8 Å². The van der Waals surface area contributed by atoms with Crippen LogP contribution in [-0.2, 0) is 105 Å². The minimum Gasteiger partial charge on any atom is -0.461 e. The van der Waals surface area contributed by atoms with Gasteiger partial charge in [0.05, 0.1) is 61.4 Å². The fourth-order valence-electron chi connectivity index (χ4n) is 11.7. The molecule has 8 aromatic rings. The van der Waals surface area contributed by atoms with Crippen molar-refractivity contribution in [1.29, 1.82) is 0 Å². The number of Topliss-reactive ketones (excluding diaryl/α,β-unsaturated/α-hetero) is 2. The van der Waals surface area contributed by atoms with Crippen LogP contribution in [0.1, 0.15) is 145 Å². The lowest BCUT2D eigenvalue weighted by molar-refractivity contribution is -0.139. The number of esters is 13. The molecule has 0 saturated carbocycles. The number of hydrogen-bond acceptors (Lipinski definition) is 31. The van der Waals surface area contributed by atoms with Crippen molar-refractivity contribution in [3.8, 4) is 34.5 Å². The normalized spacial score (nSPS) is 11.5. The third-order valence-corrected chi connectivity index (χ3v) is 17.3. The SMILES string of the molecule is CC(=O)Cc1ccccc1COCC(COCC(COC(=O)c1ccccc1CC(C)=O)(COC(=O)c1ccccc1OC(C)=O)COC(=O)c1ccccc1OC(C)=O)(COCC(COC(=O)c1ccccc1OC(C)=O)(COC(=O)c1ccccc1OC(C)=O)COC(=O)c1ccccc1OC(C)=O)COC(=O)c1ccccc1OC(C)=O. The molecule has 0 heterocycles. The number of ketones is 2. The lowest BCUT2D eigenvalue weighted by Crippen LogP contribution is -2.48. The lowest BCUT2D eigenvalue weighted by Gasteiger charge is -2.37. The molecule has 0 aromatic heterocycles.